The Morgan fingerprint density at radius 3 is 1.05 bits per heavy atom. The Morgan fingerprint density at radius 2 is 0.721 bits per heavy atom. The van der Waals surface area contributed by atoms with Gasteiger partial charge >= 0.3 is 0 Å². The maximum absolute atomic E-state index is 8.61. The van der Waals surface area contributed by atoms with Crippen LogP contribution < -0.4 is 0 Å². The molecular weight excluding hydrogens is 532 g/mol. The van der Waals surface area contributed by atoms with Gasteiger partial charge in [-0.05, 0) is 77.0 Å². The van der Waals surface area contributed by atoms with Gasteiger partial charge in [0.15, 0.2) is 0 Å². The van der Waals surface area contributed by atoms with Gasteiger partial charge in [0.05, 0.1) is 6.61 Å². The SMILES string of the molecule is CCCC/C=C\CCCCCCCC/C=C\CCO.CCCC/C=C\CCCCCCCC/C=C\CCOCOC.CO. The van der Waals surface area contributed by atoms with Crippen molar-refractivity contribution in [2.75, 3.05) is 34.2 Å². The predicted molar refractivity (Wildman–Crippen MR) is 192 cm³/mol. The fraction of sp³-hybridized carbons (Fsp3) is 0.795. The fourth-order valence-corrected chi connectivity index (χ4v) is 4.42. The van der Waals surface area contributed by atoms with Crippen molar-refractivity contribution in [1.29, 1.82) is 0 Å². The van der Waals surface area contributed by atoms with E-state index in [1.54, 1.807) is 7.11 Å². The Morgan fingerprint density at radius 1 is 0.419 bits per heavy atom. The second kappa shape index (κ2) is 50.4. The Labute approximate surface area is 270 Å². The second-order valence-electron chi connectivity index (χ2n) is 11.2. The topological polar surface area (TPSA) is 58.9 Å². The molecule has 2 N–H and O–H groups in total. The number of ether oxygens (including phenoxy) is 2. The molecule has 0 bridgehead atoms. The summed E-state index contributed by atoms with van der Waals surface area (Å²) in [6.07, 6.45) is 49.2. The van der Waals surface area contributed by atoms with Crippen molar-refractivity contribution in [2.24, 2.45) is 0 Å². The Hall–Kier alpha value is -1.20. The maximum atomic E-state index is 8.61. The first-order valence-electron chi connectivity index (χ1n) is 18.1. The van der Waals surface area contributed by atoms with E-state index < -0.39 is 0 Å². The van der Waals surface area contributed by atoms with Crippen LogP contribution >= 0.6 is 0 Å². The van der Waals surface area contributed by atoms with Crippen LogP contribution in [0.25, 0.3) is 0 Å². The van der Waals surface area contributed by atoms with Gasteiger partial charge in [-0.25, -0.2) is 0 Å². The zero-order chi connectivity index (χ0) is 32.2. The van der Waals surface area contributed by atoms with Gasteiger partial charge in [0.25, 0.3) is 0 Å². The van der Waals surface area contributed by atoms with Crippen LogP contribution in [0.5, 0.6) is 0 Å². The molecular formula is C39H76O4. The van der Waals surface area contributed by atoms with Gasteiger partial charge < -0.3 is 19.7 Å². The van der Waals surface area contributed by atoms with E-state index in [0.29, 0.717) is 6.79 Å². The quantitative estimate of drug-likeness (QED) is 0.0467. The van der Waals surface area contributed by atoms with Crippen LogP contribution in [-0.4, -0.2) is 44.4 Å². The van der Waals surface area contributed by atoms with Crippen LogP contribution in [0.3, 0.4) is 0 Å². The summed E-state index contributed by atoms with van der Waals surface area (Å²) in [5.74, 6) is 0. The lowest BCUT2D eigenvalue weighted by molar-refractivity contribution is -0.0285. The molecule has 0 aliphatic carbocycles. The molecule has 0 rings (SSSR count). The monoisotopic (exact) mass is 609 g/mol. The number of aliphatic hydroxyl groups excluding tert-OH is 2. The number of rotatable bonds is 31. The molecule has 0 amide bonds. The summed E-state index contributed by atoms with van der Waals surface area (Å²) in [6.45, 7) is 5.94. The van der Waals surface area contributed by atoms with E-state index in [2.05, 4.69) is 62.5 Å². The maximum Gasteiger partial charge on any atom is 0.146 e. The number of hydrogen-bond donors (Lipinski definition) is 2. The number of aliphatic hydroxyl groups is 2. The smallest absolute Gasteiger partial charge is 0.146 e. The van der Waals surface area contributed by atoms with E-state index in [1.807, 2.05) is 0 Å². The third-order valence-electron chi connectivity index (χ3n) is 7.02. The van der Waals surface area contributed by atoms with E-state index in [4.69, 9.17) is 19.7 Å². The van der Waals surface area contributed by atoms with Gasteiger partial charge in [0, 0.05) is 20.8 Å². The molecule has 0 spiro atoms. The van der Waals surface area contributed by atoms with Crippen molar-refractivity contribution in [3.63, 3.8) is 0 Å². The molecule has 0 aliphatic rings. The minimum Gasteiger partial charge on any atom is -0.400 e. The number of methoxy groups -OCH3 is 1. The van der Waals surface area contributed by atoms with Crippen molar-refractivity contribution < 1.29 is 19.7 Å². The highest BCUT2D eigenvalue weighted by Crippen LogP contribution is 2.11. The summed E-state index contributed by atoms with van der Waals surface area (Å²) >= 11 is 0. The van der Waals surface area contributed by atoms with Gasteiger partial charge in [0.2, 0.25) is 0 Å². The second-order valence-corrected chi connectivity index (χ2v) is 11.2. The predicted octanol–water partition coefficient (Wildman–Crippen LogP) is 11.8. The molecule has 0 fully saturated rings. The van der Waals surface area contributed by atoms with Gasteiger partial charge in [-0.2, -0.15) is 0 Å². The number of unbranched alkanes of at least 4 members (excludes halogenated alkanes) is 18. The zero-order valence-electron chi connectivity index (χ0n) is 29.4. The van der Waals surface area contributed by atoms with E-state index in [0.717, 1.165) is 26.6 Å². The molecule has 0 aromatic rings. The van der Waals surface area contributed by atoms with Crippen LogP contribution in [0, 0.1) is 0 Å². The molecule has 256 valence electrons. The molecule has 4 nitrogen and oxygen atoms in total. The van der Waals surface area contributed by atoms with E-state index in [9.17, 15) is 0 Å². The van der Waals surface area contributed by atoms with E-state index in [-0.39, 0.29) is 6.61 Å². The van der Waals surface area contributed by atoms with Crippen LogP contribution in [0.2, 0.25) is 0 Å². The van der Waals surface area contributed by atoms with Crippen LogP contribution in [0.1, 0.15) is 168 Å². The first-order valence-corrected chi connectivity index (χ1v) is 18.1. The lowest BCUT2D eigenvalue weighted by Crippen LogP contribution is -1.96. The Kier molecular flexibility index (Phi) is 54.2. The van der Waals surface area contributed by atoms with Gasteiger partial charge in [0.1, 0.15) is 6.79 Å². The standard InChI is InChI=1S/C20H38O2.C18H34O.CH4O/c1-3-4-5-6-7-8-9-10-11-12-13-14-15-16-17-18-19-22-20-21-2;1-2-3-4-5-6-7-8-9-10-11-12-13-14-15-16-17-18-19;1-2/h6-7,16-17H,3-5,8-15,18-20H2,1-2H3;5-6,15-16,19H,2-4,7-14,17-18H2,1H3;2H,1H3/b7-6-,17-16-;6-5-,16-15-;. The number of allylic oxidation sites excluding steroid dienone is 6. The average Bonchev–Trinajstić information content (AvgIpc) is 3.03. The molecule has 0 radical (unpaired) electrons. The third kappa shape index (κ3) is 53.8. The fourth-order valence-electron chi connectivity index (χ4n) is 4.42. The van der Waals surface area contributed by atoms with Crippen LogP contribution in [0.4, 0.5) is 0 Å². The molecule has 0 aromatic heterocycles. The van der Waals surface area contributed by atoms with Crippen molar-refractivity contribution in [2.45, 2.75) is 168 Å². The van der Waals surface area contributed by atoms with Gasteiger partial charge in [-0.1, -0.05) is 140 Å². The van der Waals surface area contributed by atoms with Gasteiger partial charge in [-0.15, -0.1) is 0 Å². The van der Waals surface area contributed by atoms with Crippen LogP contribution in [0.15, 0.2) is 48.6 Å². The first-order chi connectivity index (χ1) is 21.3. The molecule has 4 heteroatoms. The van der Waals surface area contributed by atoms with Crippen LogP contribution in [-0.2, 0) is 9.47 Å². The first kappa shape index (κ1) is 46.2. The molecule has 0 saturated carbocycles. The summed E-state index contributed by atoms with van der Waals surface area (Å²) in [7, 11) is 2.65. The summed E-state index contributed by atoms with van der Waals surface area (Å²) in [6, 6.07) is 0. The molecule has 0 aliphatic heterocycles. The molecule has 43 heavy (non-hydrogen) atoms. The highest BCUT2D eigenvalue weighted by Gasteiger charge is 1.91. The Balaban J connectivity index is -0.000000710. The van der Waals surface area contributed by atoms with Crippen molar-refractivity contribution >= 4 is 0 Å². The zero-order valence-corrected chi connectivity index (χ0v) is 29.4. The van der Waals surface area contributed by atoms with Crippen molar-refractivity contribution in [3.05, 3.63) is 48.6 Å². The lowest BCUT2D eigenvalue weighted by Gasteiger charge is -2.00. The summed E-state index contributed by atoms with van der Waals surface area (Å²) in [4.78, 5) is 0. The number of hydrogen-bond acceptors (Lipinski definition) is 4. The third-order valence-corrected chi connectivity index (χ3v) is 7.02. The minimum atomic E-state index is 0.281. The summed E-state index contributed by atoms with van der Waals surface area (Å²) in [5.41, 5.74) is 0. The summed E-state index contributed by atoms with van der Waals surface area (Å²) in [5, 5.41) is 15.6. The van der Waals surface area contributed by atoms with E-state index >= 15 is 0 Å². The Bertz CT molecular complexity index is 553. The normalized spacial score (nSPS) is 11.5. The molecule has 0 heterocycles. The molecule has 0 atom stereocenters. The molecule has 0 unspecified atom stereocenters. The van der Waals surface area contributed by atoms with Gasteiger partial charge in [-0.3, -0.25) is 0 Å². The molecule has 0 saturated heterocycles. The lowest BCUT2D eigenvalue weighted by atomic mass is 10.1. The molecule has 0 aromatic carbocycles. The van der Waals surface area contributed by atoms with Crippen molar-refractivity contribution in [1.82, 2.24) is 0 Å². The average molecular weight is 609 g/mol. The summed E-state index contributed by atoms with van der Waals surface area (Å²) < 4.78 is 10.0. The van der Waals surface area contributed by atoms with Crippen molar-refractivity contribution in [3.8, 4) is 0 Å². The van der Waals surface area contributed by atoms with E-state index in [1.165, 1.54) is 141 Å². The highest BCUT2D eigenvalue weighted by atomic mass is 16.7. The highest BCUT2D eigenvalue weighted by molar-refractivity contribution is 4.83. The minimum absolute atomic E-state index is 0.281. The largest absolute Gasteiger partial charge is 0.400 e.